The van der Waals surface area contributed by atoms with Crippen LogP contribution in [-0.4, -0.2) is 4.98 Å². The van der Waals surface area contributed by atoms with Crippen LogP contribution >= 0.6 is 23.2 Å². The molecule has 0 aliphatic rings. The van der Waals surface area contributed by atoms with Gasteiger partial charge in [-0.25, -0.2) is 9.37 Å². The van der Waals surface area contributed by atoms with Crippen LogP contribution in [0.15, 0.2) is 48.5 Å². The molecular formula is C18H10Cl2FN3. The molecule has 0 fully saturated rings. The Kier molecular flexibility index (Phi) is 4.39. The predicted molar refractivity (Wildman–Crippen MR) is 94.2 cm³/mol. The van der Waals surface area contributed by atoms with E-state index >= 15 is 0 Å². The lowest BCUT2D eigenvalue weighted by Gasteiger charge is -2.12. The lowest BCUT2D eigenvalue weighted by molar-refractivity contribution is 0.628. The average Bonchev–Trinajstić information content (AvgIpc) is 2.57. The number of nitrogen functional groups attached to an aromatic ring is 1. The van der Waals surface area contributed by atoms with Crippen LogP contribution in [0.3, 0.4) is 0 Å². The quantitative estimate of drug-likeness (QED) is 0.675. The van der Waals surface area contributed by atoms with Gasteiger partial charge in [0.1, 0.15) is 23.3 Å². The van der Waals surface area contributed by atoms with Gasteiger partial charge < -0.3 is 5.73 Å². The molecule has 0 unspecified atom stereocenters. The number of hydrogen-bond acceptors (Lipinski definition) is 3. The molecule has 1 heterocycles. The SMILES string of the molecule is N#Cc1c(-c2cccc(Cl)c2Cl)cc(-c2ccc(F)cc2)nc1N. The van der Waals surface area contributed by atoms with Crippen LogP contribution in [0, 0.1) is 17.1 Å². The first kappa shape index (κ1) is 16.3. The third-order valence-electron chi connectivity index (χ3n) is 3.54. The lowest BCUT2D eigenvalue weighted by atomic mass is 9.98. The van der Waals surface area contributed by atoms with Gasteiger partial charge in [0.05, 0.1) is 15.7 Å². The van der Waals surface area contributed by atoms with Gasteiger partial charge in [0.25, 0.3) is 0 Å². The minimum atomic E-state index is -0.349. The highest BCUT2D eigenvalue weighted by molar-refractivity contribution is 6.43. The van der Waals surface area contributed by atoms with E-state index in [1.54, 1.807) is 36.4 Å². The zero-order chi connectivity index (χ0) is 17.3. The molecule has 2 N–H and O–H groups in total. The largest absolute Gasteiger partial charge is 0.383 e. The summed E-state index contributed by atoms with van der Waals surface area (Å²) in [5, 5.41) is 10.1. The summed E-state index contributed by atoms with van der Waals surface area (Å²) in [4.78, 5) is 4.24. The van der Waals surface area contributed by atoms with Crippen molar-refractivity contribution in [1.82, 2.24) is 4.98 Å². The first-order valence-corrected chi connectivity index (χ1v) is 7.68. The normalized spacial score (nSPS) is 10.4. The second-order valence-electron chi connectivity index (χ2n) is 5.04. The van der Waals surface area contributed by atoms with Crippen LogP contribution in [0.2, 0.25) is 10.0 Å². The second kappa shape index (κ2) is 6.48. The van der Waals surface area contributed by atoms with E-state index in [0.717, 1.165) is 0 Å². The maximum atomic E-state index is 13.1. The zero-order valence-electron chi connectivity index (χ0n) is 12.2. The van der Waals surface area contributed by atoms with Crippen molar-refractivity contribution in [2.75, 3.05) is 5.73 Å². The number of halogens is 3. The summed E-state index contributed by atoms with van der Waals surface area (Å²) in [5.74, 6) is -0.274. The fourth-order valence-corrected chi connectivity index (χ4v) is 2.78. The van der Waals surface area contributed by atoms with Gasteiger partial charge in [-0.15, -0.1) is 0 Å². The summed E-state index contributed by atoms with van der Waals surface area (Å²) in [7, 11) is 0. The van der Waals surface area contributed by atoms with E-state index < -0.39 is 0 Å². The van der Waals surface area contributed by atoms with Crippen molar-refractivity contribution in [3.05, 3.63) is 70.0 Å². The molecule has 0 aliphatic heterocycles. The molecule has 0 atom stereocenters. The van der Waals surface area contributed by atoms with E-state index in [2.05, 4.69) is 4.98 Å². The first-order valence-electron chi connectivity index (χ1n) is 6.92. The third kappa shape index (κ3) is 2.92. The van der Waals surface area contributed by atoms with Gasteiger partial charge >= 0.3 is 0 Å². The number of nitrogens with two attached hydrogens (primary N) is 1. The summed E-state index contributed by atoms with van der Waals surface area (Å²) in [6.45, 7) is 0. The lowest BCUT2D eigenvalue weighted by Crippen LogP contribution is -2.00. The number of aromatic nitrogens is 1. The first-order chi connectivity index (χ1) is 11.5. The van der Waals surface area contributed by atoms with Crippen LogP contribution < -0.4 is 5.73 Å². The van der Waals surface area contributed by atoms with Gasteiger partial charge in [-0.1, -0.05) is 35.3 Å². The van der Waals surface area contributed by atoms with E-state index in [9.17, 15) is 9.65 Å². The number of pyridine rings is 1. The molecule has 2 aromatic carbocycles. The van der Waals surface area contributed by atoms with Crippen LogP contribution in [0.4, 0.5) is 10.2 Å². The van der Waals surface area contributed by atoms with Gasteiger partial charge in [0, 0.05) is 16.7 Å². The van der Waals surface area contributed by atoms with Crippen molar-refractivity contribution in [1.29, 1.82) is 5.26 Å². The Hall–Kier alpha value is -2.61. The van der Waals surface area contributed by atoms with Gasteiger partial charge in [0.2, 0.25) is 0 Å². The van der Waals surface area contributed by atoms with Gasteiger partial charge in [-0.05, 0) is 36.4 Å². The molecule has 1 aromatic heterocycles. The van der Waals surface area contributed by atoms with Crippen LogP contribution in [-0.2, 0) is 0 Å². The molecular weight excluding hydrogens is 348 g/mol. The molecule has 3 rings (SSSR count). The Bertz CT molecular complexity index is 963. The number of nitrogens with zero attached hydrogens (tertiary/aromatic N) is 2. The summed E-state index contributed by atoms with van der Waals surface area (Å²) in [6.07, 6.45) is 0. The fraction of sp³-hybridized carbons (Fsp3) is 0. The van der Waals surface area contributed by atoms with E-state index in [1.807, 2.05) is 6.07 Å². The maximum Gasteiger partial charge on any atom is 0.142 e. The molecule has 0 bridgehead atoms. The Morgan fingerprint density at radius 3 is 2.42 bits per heavy atom. The monoisotopic (exact) mass is 357 g/mol. The zero-order valence-corrected chi connectivity index (χ0v) is 13.7. The number of anilines is 1. The molecule has 0 radical (unpaired) electrons. The third-order valence-corrected chi connectivity index (χ3v) is 4.36. The van der Waals surface area contributed by atoms with Crippen LogP contribution in [0.1, 0.15) is 5.56 Å². The van der Waals surface area contributed by atoms with Gasteiger partial charge in [0.15, 0.2) is 0 Å². The smallest absolute Gasteiger partial charge is 0.142 e. The van der Waals surface area contributed by atoms with Crippen LogP contribution in [0.25, 0.3) is 22.4 Å². The maximum absolute atomic E-state index is 13.1. The fourth-order valence-electron chi connectivity index (χ4n) is 2.38. The number of rotatable bonds is 2. The summed E-state index contributed by atoms with van der Waals surface area (Å²) in [6, 6.07) is 14.7. The molecule has 3 aromatic rings. The highest BCUT2D eigenvalue weighted by atomic mass is 35.5. The number of nitriles is 1. The molecule has 0 amide bonds. The second-order valence-corrected chi connectivity index (χ2v) is 5.82. The van der Waals surface area contributed by atoms with Crippen molar-refractivity contribution >= 4 is 29.0 Å². The van der Waals surface area contributed by atoms with E-state index in [4.69, 9.17) is 28.9 Å². The topological polar surface area (TPSA) is 62.7 Å². The van der Waals surface area contributed by atoms with Crippen molar-refractivity contribution in [3.63, 3.8) is 0 Å². The summed E-state index contributed by atoms with van der Waals surface area (Å²) < 4.78 is 13.1. The van der Waals surface area contributed by atoms with Gasteiger partial charge in [-0.2, -0.15) is 5.26 Å². The molecule has 118 valence electrons. The molecule has 24 heavy (non-hydrogen) atoms. The number of benzene rings is 2. The minimum Gasteiger partial charge on any atom is -0.383 e. The molecule has 0 aliphatic carbocycles. The molecule has 3 nitrogen and oxygen atoms in total. The Morgan fingerprint density at radius 2 is 1.75 bits per heavy atom. The Labute approximate surface area is 148 Å². The van der Waals surface area contributed by atoms with Crippen molar-refractivity contribution in [2.45, 2.75) is 0 Å². The highest BCUT2D eigenvalue weighted by Gasteiger charge is 2.16. The molecule has 0 spiro atoms. The average molecular weight is 358 g/mol. The predicted octanol–water partition coefficient (Wildman–Crippen LogP) is 5.32. The summed E-state index contributed by atoms with van der Waals surface area (Å²) >= 11 is 12.3. The van der Waals surface area contributed by atoms with E-state index in [0.29, 0.717) is 32.4 Å². The van der Waals surface area contributed by atoms with E-state index in [-0.39, 0.29) is 17.2 Å². The minimum absolute atomic E-state index is 0.0744. The van der Waals surface area contributed by atoms with Crippen molar-refractivity contribution < 1.29 is 4.39 Å². The molecule has 0 saturated heterocycles. The van der Waals surface area contributed by atoms with Crippen molar-refractivity contribution in [2.24, 2.45) is 0 Å². The van der Waals surface area contributed by atoms with Gasteiger partial charge in [-0.3, -0.25) is 0 Å². The standard InChI is InChI=1S/C18H10Cl2FN3/c19-15-3-1-2-12(17(15)20)13-8-16(24-18(23)14(13)9-22)10-4-6-11(21)7-5-10/h1-8H,(H2,23,24). The number of hydrogen-bond donors (Lipinski definition) is 1. The highest BCUT2D eigenvalue weighted by Crippen LogP contribution is 2.38. The molecule has 0 saturated carbocycles. The molecule has 6 heteroatoms. The van der Waals surface area contributed by atoms with Crippen molar-refractivity contribution in [3.8, 4) is 28.5 Å². The van der Waals surface area contributed by atoms with Crippen LogP contribution in [0.5, 0.6) is 0 Å². The summed E-state index contributed by atoms with van der Waals surface area (Å²) in [5.41, 5.74) is 8.45. The Balaban J connectivity index is 2.27. The Morgan fingerprint density at radius 1 is 1.04 bits per heavy atom. The van der Waals surface area contributed by atoms with E-state index in [1.165, 1.54) is 12.1 Å².